The zero-order chi connectivity index (χ0) is 13.9. The summed E-state index contributed by atoms with van der Waals surface area (Å²) in [5, 5.41) is 6.13. The number of amides is 1. The van der Waals surface area contributed by atoms with Crippen molar-refractivity contribution in [2.75, 3.05) is 11.9 Å². The van der Waals surface area contributed by atoms with E-state index in [1.165, 1.54) is 0 Å². The zero-order valence-electron chi connectivity index (χ0n) is 11.6. The number of aryl methyl sites for hydroxylation is 2. The average Bonchev–Trinajstić information content (AvgIpc) is 2.19. The number of rotatable bonds is 3. The second kappa shape index (κ2) is 5.85. The van der Waals surface area contributed by atoms with Crippen LogP contribution in [0.5, 0.6) is 0 Å². The normalized spacial score (nSPS) is 11.4. The highest BCUT2D eigenvalue weighted by molar-refractivity contribution is 9.10. The van der Waals surface area contributed by atoms with E-state index in [9.17, 15) is 4.79 Å². The first-order valence-electron chi connectivity index (χ1n) is 6.00. The lowest BCUT2D eigenvalue weighted by Gasteiger charge is -2.20. The van der Waals surface area contributed by atoms with Gasteiger partial charge in [0, 0.05) is 15.7 Å². The molecular weight excluding hydrogens is 292 g/mol. The van der Waals surface area contributed by atoms with Crippen molar-refractivity contribution in [1.82, 2.24) is 5.32 Å². The van der Waals surface area contributed by atoms with E-state index in [1.807, 2.05) is 46.8 Å². The van der Waals surface area contributed by atoms with Crippen LogP contribution in [-0.2, 0) is 4.79 Å². The first kappa shape index (κ1) is 15.2. The maximum Gasteiger partial charge on any atom is 0.238 e. The highest BCUT2D eigenvalue weighted by Crippen LogP contribution is 2.24. The Morgan fingerprint density at radius 3 is 2.17 bits per heavy atom. The molecule has 18 heavy (non-hydrogen) atoms. The van der Waals surface area contributed by atoms with Gasteiger partial charge in [-0.2, -0.15) is 0 Å². The summed E-state index contributed by atoms with van der Waals surface area (Å²) >= 11 is 3.45. The average molecular weight is 313 g/mol. The van der Waals surface area contributed by atoms with E-state index >= 15 is 0 Å². The molecule has 2 N–H and O–H groups in total. The number of hydrogen-bond acceptors (Lipinski definition) is 2. The minimum atomic E-state index is -0.0544. The number of carbonyl (C=O) groups is 1. The summed E-state index contributed by atoms with van der Waals surface area (Å²) in [5.74, 6) is -0.0153. The van der Waals surface area contributed by atoms with E-state index in [1.54, 1.807) is 0 Å². The van der Waals surface area contributed by atoms with E-state index in [0.717, 1.165) is 21.3 Å². The SMILES string of the molecule is Cc1cc(Br)cc(C)c1NC(=O)CNC(C)(C)C. The third kappa shape index (κ3) is 4.78. The fraction of sp³-hybridized carbons (Fsp3) is 0.500. The van der Waals surface area contributed by atoms with Gasteiger partial charge in [-0.05, 0) is 57.9 Å². The van der Waals surface area contributed by atoms with Crippen LogP contribution >= 0.6 is 15.9 Å². The van der Waals surface area contributed by atoms with Gasteiger partial charge < -0.3 is 10.6 Å². The summed E-state index contributed by atoms with van der Waals surface area (Å²) in [6.07, 6.45) is 0. The molecule has 1 rings (SSSR count). The van der Waals surface area contributed by atoms with Crippen molar-refractivity contribution in [3.63, 3.8) is 0 Å². The molecule has 0 bridgehead atoms. The fourth-order valence-electron chi connectivity index (χ4n) is 1.64. The molecule has 0 spiro atoms. The summed E-state index contributed by atoms with van der Waals surface area (Å²) in [7, 11) is 0. The molecule has 0 saturated heterocycles. The third-order valence-corrected chi connectivity index (χ3v) is 3.00. The third-order valence-electron chi connectivity index (χ3n) is 2.54. The van der Waals surface area contributed by atoms with Crippen LogP contribution in [0, 0.1) is 13.8 Å². The van der Waals surface area contributed by atoms with E-state index in [-0.39, 0.29) is 11.4 Å². The lowest BCUT2D eigenvalue weighted by Crippen LogP contribution is -2.41. The van der Waals surface area contributed by atoms with Crippen molar-refractivity contribution in [2.45, 2.75) is 40.2 Å². The van der Waals surface area contributed by atoms with Crippen LogP contribution in [0.4, 0.5) is 5.69 Å². The Bertz CT molecular complexity index is 427. The Morgan fingerprint density at radius 2 is 1.72 bits per heavy atom. The summed E-state index contributed by atoms with van der Waals surface area (Å²) in [4.78, 5) is 11.9. The van der Waals surface area contributed by atoms with E-state index in [2.05, 4.69) is 26.6 Å². The molecular formula is C14H21BrN2O. The zero-order valence-corrected chi connectivity index (χ0v) is 13.2. The molecule has 0 aliphatic heterocycles. The summed E-state index contributed by atoms with van der Waals surface area (Å²) in [6.45, 7) is 10.4. The van der Waals surface area contributed by atoms with Crippen LogP contribution < -0.4 is 10.6 Å². The molecule has 0 unspecified atom stereocenters. The van der Waals surface area contributed by atoms with Gasteiger partial charge in [-0.25, -0.2) is 0 Å². The molecule has 4 heteroatoms. The van der Waals surface area contributed by atoms with Crippen LogP contribution in [0.15, 0.2) is 16.6 Å². The van der Waals surface area contributed by atoms with Crippen LogP contribution in [-0.4, -0.2) is 18.0 Å². The molecule has 0 saturated carbocycles. The molecule has 0 heterocycles. The van der Waals surface area contributed by atoms with Gasteiger partial charge in [0.1, 0.15) is 0 Å². The standard InChI is InChI=1S/C14H21BrN2O/c1-9-6-11(15)7-10(2)13(9)17-12(18)8-16-14(3,4)5/h6-7,16H,8H2,1-5H3,(H,17,18). The fourth-order valence-corrected chi connectivity index (χ4v) is 2.32. The smallest absolute Gasteiger partial charge is 0.238 e. The number of nitrogens with one attached hydrogen (secondary N) is 2. The number of halogens is 1. The van der Waals surface area contributed by atoms with Crippen LogP contribution in [0.25, 0.3) is 0 Å². The number of carbonyl (C=O) groups excluding carboxylic acids is 1. The van der Waals surface area contributed by atoms with E-state index in [4.69, 9.17) is 0 Å². The lowest BCUT2D eigenvalue weighted by molar-refractivity contribution is -0.115. The van der Waals surface area contributed by atoms with Crippen LogP contribution in [0.2, 0.25) is 0 Å². The molecule has 0 atom stereocenters. The second-order valence-corrected chi connectivity index (χ2v) is 6.48. The Kier molecular flexibility index (Phi) is 4.93. The van der Waals surface area contributed by atoms with E-state index < -0.39 is 0 Å². The molecule has 0 aromatic heterocycles. The molecule has 0 radical (unpaired) electrons. The topological polar surface area (TPSA) is 41.1 Å². The molecule has 0 aliphatic rings. The highest BCUT2D eigenvalue weighted by Gasteiger charge is 2.13. The predicted molar refractivity (Wildman–Crippen MR) is 80.0 cm³/mol. The predicted octanol–water partition coefficient (Wildman–Crippen LogP) is 3.39. The summed E-state index contributed by atoms with van der Waals surface area (Å²) in [6, 6.07) is 4.00. The second-order valence-electron chi connectivity index (χ2n) is 5.57. The molecule has 0 fully saturated rings. The van der Waals surface area contributed by atoms with Crippen LogP contribution in [0.1, 0.15) is 31.9 Å². The molecule has 1 aromatic carbocycles. The summed E-state index contributed by atoms with van der Waals surface area (Å²) in [5.41, 5.74) is 2.97. The largest absolute Gasteiger partial charge is 0.324 e. The van der Waals surface area contributed by atoms with Gasteiger partial charge in [0.05, 0.1) is 6.54 Å². The number of hydrogen-bond donors (Lipinski definition) is 2. The molecule has 1 aromatic rings. The minimum absolute atomic E-state index is 0.0153. The Morgan fingerprint density at radius 1 is 1.22 bits per heavy atom. The van der Waals surface area contributed by atoms with Gasteiger partial charge in [-0.15, -0.1) is 0 Å². The lowest BCUT2D eigenvalue weighted by atomic mass is 10.1. The maximum absolute atomic E-state index is 11.9. The molecule has 0 aliphatic carbocycles. The van der Waals surface area contributed by atoms with Crippen molar-refractivity contribution >= 4 is 27.5 Å². The first-order valence-corrected chi connectivity index (χ1v) is 6.80. The van der Waals surface area contributed by atoms with Crippen molar-refractivity contribution < 1.29 is 4.79 Å². The molecule has 3 nitrogen and oxygen atoms in total. The van der Waals surface area contributed by atoms with Gasteiger partial charge >= 0.3 is 0 Å². The molecule has 100 valence electrons. The minimum Gasteiger partial charge on any atom is -0.324 e. The van der Waals surface area contributed by atoms with Gasteiger partial charge in [0.2, 0.25) is 5.91 Å². The Balaban J connectivity index is 2.71. The first-order chi connectivity index (χ1) is 8.19. The van der Waals surface area contributed by atoms with Crippen molar-refractivity contribution in [3.05, 3.63) is 27.7 Å². The number of benzene rings is 1. The number of anilines is 1. The molecule has 1 amide bonds. The Hall–Kier alpha value is -0.870. The van der Waals surface area contributed by atoms with Crippen LogP contribution in [0.3, 0.4) is 0 Å². The van der Waals surface area contributed by atoms with Gasteiger partial charge in [-0.1, -0.05) is 15.9 Å². The van der Waals surface area contributed by atoms with Gasteiger partial charge in [-0.3, -0.25) is 4.79 Å². The van der Waals surface area contributed by atoms with Crippen molar-refractivity contribution in [3.8, 4) is 0 Å². The van der Waals surface area contributed by atoms with Crippen molar-refractivity contribution in [2.24, 2.45) is 0 Å². The maximum atomic E-state index is 11.9. The van der Waals surface area contributed by atoms with Gasteiger partial charge in [0.25, 0.3) is 0 Å². The Labute approximate surface area is 117 Å². The van der Waals surface area contributed by atoms with Gasteiger partial charge in [0.15, 0.2) is 0 Å². The highest BCUT2D eigenvalue weighted by atomic mass is 79.9. The van der Waals surface area contributed by atoms with E-state index in [0.29, 0.717) is 6.54 Å². The summed E-state index contributed by atoms with van der Waals surface area (Å²) < 4.78 is 1.03. The quantitative estimate of drug-likeness (QED) is 0.898. The van der Waals surface area contributed by atoms with Crippen molar-refractivity contribution in [1.29, 1.82) is 0 Å². The monoisotopic (exact) mass is 312 g/mol.